The Bertz CT molecular complexity index is 110. The molecule has 0 unspecified atom stereocenters. The molecule has 2 heterocycles. The smallest absolute Gasteiger partial charge is 0.00106 e. The summed E-state index contributed by atoms with van der Waals surface area (Å²) in [6.07, 6.45) is 2.97. The van der Waals surface area contributed by atoms with E-state index < -0.39 is 0 Å². The molecule has 1 nitrogen and oxygen atoms in total. The second-order valence-corrected chi connectivity index (χ2v) is 5.74. The number of nitrogens with zero attached hydrogens (tertiary/aromatic N) is 1. The SMILES string of the molecule is C1CN2CCC1C2.CC(C)(C)C. The van der Waals surface area contributed by atoms with Crippen LogP contribution in [0.4, 0.5) is 0 Å². The van der Waals surface area contributed by atoms with Crippen LogP contribution in [0.15, 0.2) is 0 Å². The fourth-order valence-corrected chi connectivity index (χ4v) is 1.72. The van der Waals surface area contributed by atoms with Gasteiger partial charge in [0.25, 0.3) is 0 Å². The molecule has 0 amide bonds. The molecule has 0 saturated carbocycles. The Morgan fingerprint density at radius 1 is 1.00 bits per heavy atom. The second kappa shape index (κ2) is 3.78. The highest BCUT2D eigenvalue weighted by Crippen LogP contribution is 2.26. The van der Waals surface area contributed by atoms with E-state index in [0.717, 1.165) is 5.92 Å². The average molecular weight is 169 g/mol. The molecule has 2 fully saturated rings. The van der Waals surface area contributed by atoms with E-state index in [1.165, 1.54) is 32.5 Å². The number of hydrogen-bond donors (Lipinski definition) is 0. The zero-order chi connectivity index (χ0) is 9.19. The first-order chi connectivity index (χ1) is 5.45. The summed E-state index contributed by atoms with van der Waals surface area (Å²) in [5.74, 6) is 1.10. The minimum absolute atomic E-state index is 0.500. The number of rotatable bonds is 0. The van der Waals surface area contributed by atoms with Gasteiger partial charge >= 0.3 is 0 Å². The molecule has 72 valence electrons. The Kier molecular flexibility index (Phi) is 3.16. The predicted octanol–water partition coefficient (Wildman–Crippen LogP) is 2.76. The lowest BCUT2D eigenvalue weighted by atomic mass is 10.0. The van der Waals surface area contributed by atoms with Crippen molar-refractivity contribution in [1.82, 2.24) is 4.90 Å². The Labute approximate surface area is 77.1 Å². The number of piperidine rings is 1. The van der Waals surface area contributed by atoms with Crippen molar-refractivity contribution in [2.24, 2.45) is 11.3 Å². The molecule has 0 aromatic heterocycles. The fraction of sp³-hybridized carbons (Fsp3) is 1.00. The highest BCUT2D eigenvalue weighted by Gasteiger charge is 2.28. The fourth-order valence-electron chi connectivity index (χ4n) is 1.72. The van der Waals surface area contributed by atoms with Crippen LogP contribution in [0.2, 0.25) is 0 Å². The van der Waals surface area contributed by atoms with Gasteiger partial charge in [0.15, 0.2) is 0 Å². The van der Waals surface area contributed by atoms with E-state index in [9.17, 15) is 0 Å². The van der Waals surface area contributed by atoms with Crippen molar-refractivity contribution in [2.45, 2.75) is 40.5 Å². The van der Waals surface area contributed by atoms with Crippen LogP contribution < -0.4 is 0 Å². The van der Waals surface area contributed by atoms with Gasteiger partial charge in [-0.3, -0.25) is 0 Å². The summed E-state index contributed by atoms with van der Waals surface area (Å²) < 4.78 is 0. The molecular weight excluding hydrogens is 146 g/mol. The van der Waals surface area contributed by atoms with E-state index in [2.05, 4.69) is 32.6 Å². The van der Waals surface area contributed by atoms with E-state index >= 15 is 0 Å². The van der Waals surface area contributed by atoms with E-state index in [1.807, 2.05) is 0 Å². The highest BCUT2D eigenvalue weighted by molar-refractivity contribution is 4.82. The number of hydrogen-bond acceptors (Lipinski definition) is 1. The summed E-state index contributed by atoms with van der Waals surface area (Å²) in [5.41, 5.74) is 0.500. The van der Waals surface area contributed by atoms with Crippen LogP contribution in [-0.4, -0.2) is 24.5 Å². The lowest BCUT2D eigenvalue weighted by molar-refractivity contribution is 0.368. The van der Waals surface area contributed by atoms with Crippen LogP contribution in [0.25, 0.3) is 0 Å². The lowest BCUT2D eigenvalue weighted by Crippen LogP contribution is -2.15. The van der Waals surface area contributed by atoms with Gasteiger partial charge < -0.3 is 4.90 Å². The largest absolute Gasteiger partial charge is 0.303 e. The zero-order valence-corrected chi connectivity index (χ0v) is 9.06. The molecule has 0 radical (unpaired) electrons. The van der Waals surface area contributed by atoms with Gasteiger partial charge in [-0.1, -0.05) is 27.7 Å². The van der Waals surface area contributed by atoms with Crippen molar-refractivity contribution >= 4 is 0 Å². The quantitative estimate of drug-likeness (QED) is 0.539. The molecule has 1 heteroatoms. The summed E-state index contributed by atoms with van der Waals surface area (Å²) in [4.78, 5) is 2.56. The average Bonchev–Trinajstić information content (AvgIpc) is 2.42. The lowest BCUT2D eigenvalue weighted by Gasteiger charge is -2.09. The van der Waals surface area contributed by atoms with E-state index in [0.29, 0.717) is 5.41 Å². The number of fused-ring (bicyclic) bond motifs is 2. The van der Waals surface area contributed by atoms with Gasteiger partial charge in [0, 0.05) is 6.54 Å². The third-order valence-corrected chi connectivity index (χ3v) is 2.22. The van der Waals surface area contributed by atoms with Crippen LogP contribution in [0.1, 0.15) is 40.5 Å². The first-order valence-electron chi connectivity index (χ1n) is 5.17. The first kappa shape index (κ1) is 10.0. The maximum atomic E-state index is 2.56. The Morgan fingerprint density at radius 3 is 1.50 bits per heavy atom. The molecule has 2 aliphatic heterocycles. The molecule has 0 N–H and O–H groups in total. The van der Waals surface area contributed by atoms with Gasteiger partial charge in [0.05, 0.1) is 0 Å². The van der Waals surface area contributed by atoms with Crippen LogP contribution in [0, 0.1) is 11.3 Å². The van der Waals surface area contributed by atoms with E-state index in [4.69, 9.17) is 0 Å². The standard InChI is InChI=1S/C6H11N.C5H12/c1-3-7-4-2-6(1)5-7;1-5(2,3)4/h6H,1-5H2;1-4H3. The Balaban J connectivity index is 0.000000130. The van der Waals surface area contributed by atoms with Crippen molar-refractivity contribution in [3.63, 3.8) is 0 Å². The third kappa shape index (κ3) is 4.10. The molecule has 0 spiro atoms. The van der Waals surface area contributed by atoms with Crippen molar-refractivity contribution < 1.29 is 0 Å². The molecule has 2 saturated heterocycles. The van der Waals surface area contributed by atoms with Gasteiger partial charge in [-0.05, 0) is 37.3 Å². The zero-order valence-electron chi connectivity index (χ0n) is 9.06. The second-order valence-electron chi connectivity index (χ2n) is 5.74. The van der Waals surface area contributed by atoms with Crippen LogP contribution in [0.3, 0.4) is 0 Å². The summed E-state index contributed by atoms with van der Waals surface area (Å²) in [6.45, 7) is 13.0. The summed E-state index contributed by atoms with van der Waals surface area (Å²) in [5, 5.41) is 0. The topological polar surface area (TPSA) is 3.24 Å². The van der Waals surface area contributed by atoms with Gasteiger partial charge in [0.2, 0.25) is 0 Å². The predicted molar refractivity (Wildman–Crippen MR) is 54.3 cm³/mol. The minimum Gasteiger partial charge on any atom is -0.303 e. The molecule has 0 atom stereocenters. The normalized spacial score (nSPS) is 33.0. The van der Waals surface area contributed by atoms with Gasteiger partial charge in [0.1, 0.15) is 0 Å². The summed E-state index contributed by atoms with van der Waals surface area (Å²) >= 11 is 0. The van der Waals surface area contributed by atoms with Crippen LogP contribution in [0.5, 0.6) is 0 Å². The molecule has 0 aromatic rings. The summed E-state index contributed by atoms with van der Waals surface area (Å²) in [6, 6.07) is 0. The van der Waals surface area contributed by atoms with Crippen LogP contribution in [-0.2, 0) is 0 Å². The molecular formula is C11H23N. The molecule has 0 aliphatic carbocycles. The van der Waals surface area contributed by atoms with E-state index in [1.54, 1.807) is 0 Å². The van der Waals surface area contributed by atoms with Crippen molar-refractivity contribution in [3.8, 4) is 0 Å². The molecule has 2 aliphatic rings. The highest BCUT2D eigenvalue weighted by atomic mass is 15.2. The Morgan fingerprint density at radius 2 is 1.42 bits per heavy atom. The van der Waals surface area contributed by atoms with Crippen LogP contribution >= 0.6 is 0 Å². The maximum absolute atomic E-state index is 2.56. The van der Waals surface area contributed by atoms with E-state index in [-0.39, 0.29) is 0 Å². The van der Waals surface area contributed by atoms with Crippen molar-refractivity contribution in [3.05, 3.63) is 0 Å². The monoisotopic (exact) mass is 169 g/mol. The maximum Gasteiger partial charge on any atom is 0.00106 e. The molecule has 2 bridgehead atoms. The van der Waals surface area contributed by atoms with Crippen molar-refractivity contribution in [1.29, 1.82) is 0 Å². The first-order valence-corrected chi connectivity index (χ1v) is 5.17. The van der Waals surface area contributed by atoms with Gasteiger partial charge in [-0.15, -0.1) is 0 Å². The molecule has 12 heavy (non-hydrogen) atoms. The van der Waals surface area contributed by atoms with Gasteiger partial charge in [-0.25, -0.2) is 0 Å². The molecule has 2 rings (SSSR count). The Hall–Kier alpha value is -0.0400. The summed E-state index contributed by atoms with van der Waals surface area (Å²) in [7, 11) is 0. The minimum atomic E-state index is 0.500. The van der Waals surface area contributed by atoms with Crippen molar-refractivity contribution in [2.75, 3.05) is 19.6 Å². The third-order valence-electron chi connectivity index (χ3n) is 2.22. The molecule has 0 aromatic carbocycles. The van der Waals surface area contributed by atoms with Gasteiger partial charge in [-0.2, -0.15) is 0 Å².